The minimum Gasteiger partial charge on any atom is -0.444 e. The van der Waals surface area contributed by atoms with Gasteiger partial charge in [-0.3, -0.25) is 4.79 Å². The molecule has 22 heavy (non-hydrogen) atoms. The molecule has 0 spiro atoms. The summed E-state index contributed by atoms with van der Waals surface area (Å²) >= 11 is 0. The molecule has 0 bridgehead atoms. The van der Waals surface area contributed by atoms with E-state index in [1.54, 1.807) is 4.90 Å². The van der Waals surface area contributed by atoms with Crippen LogP contribution in [0.3, 0.4) is 0 Å². The highest BCUT2D eigenvalue weighted by atomic mass is 16.6. The molecule has 126 valence electrons. The molecule has 2 amide bonds. The number of hydrogen-bond acceptors (Lipinski definition) is 3. The van der Waals surface area contributed by atoms with Crippen molar-refractivity contribution in [3.63, 3.8) is 0 Å². The van der Waals surface area contributed by atoms with E-state index in [1.807, 2.05) is 20.8 Å². The van der Waals surface area contributed by atoms with Gasteiger partial charge in [0.1, 0.15) is 5.60 Å². The largest absolute Gasteiger partial charge is 0.444 e. The zero-order valence-electron chi connectivity index (χ0n) is 14.2. The van der Waals surface area contributed by atoms with Crippen LogP contribution in [0.25, 0.3) is 0 Å². The lowest BCUT2D eigenvalue weighted by atomic mass is 10.1. The van der Waals surface area contributed by atoms with Gasteiger partial charge in [0, 0.05) is 19.1 Å². The highest BCUT2D eigenvalue weighted by Gasteiger charge is 2.28. The first-order valence-electron chi connectivity index (χ1n) is 8.23. The van der Waals surface area contributed by atoms with Gasteiger partial charge in [-0.05, 0) is 39.7 Å². The Kier molecular flexibility index (Phi) is 7.42. The predicted octanol–water partition coefficient (Wildman–Crippen LogP) is 3.25. The SMILES string of the molecule is C=CC(=O)NCCN(C(=O)OC(C)(C)C)C1CCCCCC1. The molecule has 0 heterocycles. The average molecular weight is 310 g/mol. The monoisotopic (exact) mass is 310 g/mol. The highest BCUT2D eigenvalue weighted by Crippen LogP contribution is 2.23. The lowest BCUT2D eigenvalue weighted by Crippen LogP contribution is -2.46. The lowest BCUT2D eigenvalue weighted by molar-refractivity contribution is -0.116. The molecule has 5 nitrogen and oxygen atoms in total. The van der Waals surface area contributed by atoms with Crippen molar-refractivity contribution in [3.8, 4) is 0 Å². The predicted molar refractivity (Wildman–Crippen MR) is 87.6 cm³/mol. The highest BCUT2D eigenvalue weighted by molar-refractivity contribution is 5.86. The Bertz CT molecular complexity index is 380. The molecule has 0 saturated heterocycles. The van der Waals surface area contributed by atoms with E-state index in [4.69, 9.17) is 4.74 Å². The van der Waals surface area contributed by atoms with Crippen LogP contribution in [0, 0.1) is 0 Å². The molecular formula is C17H30N2O3. The van der Waals surface area contributed by atoms with Gasteiger partial charge in [-0.25, -0.2) is 4.79 Å². The maximum absolute atomic E-state index is 12.5. The molecular weight excluding hydrogens is 280 g/mol. The van der Waals surface area contributed by atoms with Crippen LogP contribution >= 0.6 is 0 Å². The molecule has 0 aromatic rings. The summed E-state index contributed by atoms with van der Waals surface area (Å²) in [5, 5.41) is 2.73. The average Bonchev–Trinajstić information content (AvgIpc) is 2.70. The third kappa shape index (κ3) is 6.96. The van der Waals surface area contributed by atoms with E-state index < -0.39 is 5.60 Å². The summed E-state index contributed by atoms with van der Waals surface area (Å²) in [6.07, 6.45) is 7.71. The van der Waals surface area contributed by atoms with E-state index in [-0.39, 0.29) is 18.0 Å². The van der Waals surface area contributed by atoms with Gasteiger partial charge >= 0.3 is 6.09 Å². The maximum Gasteiger partial charge on any atom is 0.410 e. The van der Waals surface area contributed by atoms with E-state index >= 15 is 0 Å². The Balaban J connectivity index is 2.67. The number of carbonyl (C=O) groups excluding carboxylic acids is 2. The Morgan fingerprint density at radius 2 is 1.82 bits per heavy atom. The van der Waals surface area contributed by atoms with Crippen LogP contribution in [0.2, 0.25) is 0 Å². The third-order valence-corrected chi connectivity index (χ3v) is 3.73. The van der Waals surface area contributed by atoms with Gasteiger partial charge in [0.15, 0.2) is 0 Å². The molecule has 1 saturated carbocycles. The topological polar surface area (TPSA) is 58.6 Å². The van der Waals surface area contributed by atoms with Crippen molar-refractivity contribution >= 4 is 12.0 Å². The summed E-state index contributed by atoms with van der Waals surface area (Å²) in [4.78, 5) is 25.5. The standard InChI is InChI=1S/C17H30N2O3/c1-5-15(20)18-12-13-19(16(21)22-17(2,3)4)14-10-8-6-7-9-11-14/h5,14H,1,6-13H2,2-4H3,(H,18,20). The van der Waals surface area contributed by atoms with E-state index in [2.05, 4.69) is 11.9 Å². The minimum atomic E-state index is -0.509. The van der Waals surface area contributed by atoms with Crippen LogP contribution in [0.4, 0.5) is 4.79 Å². The quantitative estimate of drug-likeness (QED) is 0.626. The van der Waals surface area contributed by atoms with Crippen molar-refractivity contribution in [2.75, 3.05) is 13.1 Å². The summed E-state index contributed by atoms with van der Waals surface area (Å²) in [5.41, 5.74) is -0.509. The Labute approximate surface area is 134 Å². The first-order chi connectivity index (χ1) is 10.3. The second kappa shape index (κ2) is 8.81. The molecule has 5 heteroatoms. The first kappa shape index (κ1) is 18.5. The summed E-state index contributed by atoms with van der Waals surface area (Å²) in [5.74, 6) is -0.218. The lowest BCUT2D eigenvalue weighted by Gasteiger charge is -2.33. The Hall–Kier alpha value is -1.52. The van der Waals surface area contributed by atoms with Crippen LogP contribution in [-0.2, 0) is 9.53 Å². The molecule has 1 rings (SSSR count). The zero-order valence-corrected chi connectivity index (χ0v) is 14.2. The van der Waals surface area contributed by atoms with Crippen molar-refractivity contribution < 1.29 is 14.3 Å². The van der Waals surface area contributed by atoms with Crippen molar-refractivity contribution in [2.24, 2.45) is 0 Å². The molecule has 0 radical (unpaired) electrons. The fourth-order valence-electron chi connectivity index (χ4n) is 2.68. The van der Waals surface area contributed by atoms with E-state index in [0.29, 0.717) is 13.1 Å². The van der Waals surface area contributed by atoms with E-state index in [1.165, 1.54) is 18.9 Å². The fraction of sp³-hybridized carbons (Fsp3) is 0.765. The molecule has 1 N–H and O–H groups in total. The van der Waals surface area contributed by atoms with Gasteiger partial charge in [0.05, 0.1) is 0 Å². The summed E-state index contributed by atoms with van der Waals surface area (Å²) in [6, 6.07) is 0.206. The second-order valence-electron chi connectivity index (χ2n) is 6.81. The maximum atomic E-state index is 12.5. The van der Waals surface area contributed by atoms with Gasteiger partial charge in [-0.2, -0.15) is 0 Å². The number of ether oxygens (including phenoxy) is 1. The molecule has 0 aliphatic heterocycles. The van der Waals surface area contributed by atoms with Crippen LogP contribution in [0.1, 0.15) is 59.3 Å². The van der Waals surface area contributed by atoms with Gasteiger partial charge in [-0.1, -0.05) is 32.3 Å². The molecule has 0 aromatic heterocycles. The van der Waals surface area contributed by atoms with Crippen LogP contribution in [-0.4, -0.2) is 41.6 Å². The van der Waals surface area contributed by atoms with Gasteiger partial charge in [0.25, 0.3) is 0 Å². The normalized spacial score (nSPS) is 16.5. The number of nitrogens with one attached hydrogen (secondary N) is 1. The molecule has 1 aliphatic rings. The fourth-order valence-corrected chi connectivity index (χ4v) is 2.68. The molecule has 1 aliphatic carbocycles. The smallest absolute Gasteiger partial charge is 0.410 e. The van der Waals surface area contributed by atoms with E-state index in [9.17, 15) is 9.59 Å². The van der Waals surface area contributed by atoms with Crippen molar-refractivity contribution in [1.82, 2.24) is 10.2 Å². The van der Waals surface area contributed by atoms with E-state index in [0.717, 1.165) is 25.7 Å². The number of amides is 2. The number of rotatable bonds is 5. The van der Waals surface area contributed by atoms with Crippen LogP contribution in [0.5, 0.6) is 0 Å². The van der Waals surface area contributed by atoms with Crippen LogP contribution < -0.4 is 5.32 Å². The molecule has 0 unspecified atom stereocenters. The van der Waals surface area contributed by atoms with Crippen LogP contribution in [0.15, 0.2) is 12.7 Å². The minimum absolute atomic E-state index is 0.206. The van der Waals surface area contributed by atoms with Gasteiger partial charge in [-0.15, -0.1) is 0 Å². The zero-order chi connectivity index (χ0) is 16.6. The van der Waals surface area contributed by atoms with Gasteiger partial charge in [0.2, 0.25) is 5.91 Å². The third-order valence-electron chi connectivity index (χ3n) is 3.73. The first-order valence-corrected chi connectivity index (χ1v) is 8.23. The summed E-state index contributed by atoms with van der Waals surface area (Å²) in [6.45, 7) is 9.93. The van der Waals surface area contributed by atoms with Crippen molar-refractivity contribution in [2.45, 2.75) is 70.9 Å². The van der Waals surface area contributed by atoms with Crippen molar-refractivity contribution in [3.05, 3.63) is 12.7 Å². The molecule has 1 fully saturated rings. The summed E-state index contributed by atoms with van der Waals surface area (Å²) < 4.78 is 5.53. The number of hydrogen-bond donors (Lipinski definition) is 1. The summed E-state index contributed by atoms with van der Waals surface area (Å²) in [7, 11) is 0. The Morgan fingerprint density at radius 3 is 2.32 bits per heavy atom. The molecule has 0 aromatic carbocycles. The Morgan fingerprint density at radius 1 is 1.23 bits per heavy atom. The number of nitrogens with zero attached hydrogens (tertiary/aromatic N) is 1. The van der Waals surface area contributed by atoms with Crippen molar-refractivity contribution in [1.29, 1.82) is 0 Å². The second-order valence-corrected chi connectivity index (χ2v) is 6.81. The number of carbonyl (C=O) groups is 2. The molecule has 0 atom stereocenters. The van der Waals surface area contributed by atoms with Gasteiger partial charge < -0.3 is 15.0 Å².